The highest BCUT2D eigenvalue weighted by Gasteiger charge is 2.29. The van der Waals surface area contributed by atoms with E-state index in [2.05, 4.69) is 15.6 Å². The highest BCUT2D eigenvalue weighted by Crippen LogP contribution is 2.37. The number of carbonyl (C=O) groups excluding carboxylic acids is 1. The third kappa shape index (κ3) is 4.77. The number of hydrogen-bond acceptors (Lipinski definition) is 6. The molecule has 2 fully saturated rings. The summed E-state index contributed by atoms with van der Waals surface area (Å²) in [5, 5.41) is 6.19. The summed E-state index contributed by atoms with van der Waals surface area (Å²) >= 11 is 0. The van der Waals surface area contributed by atoms with Gasteiger partial charge in [-0.1, -0.05) is 0 Å². The number of hydrogen-bond donors (Lipinski definition) is 2. The minimum Gasteiger partial charge on any atom is -0.496 e. The van der Waals surface area contributed by atoms with Crippen molar-refractivity contribution in [3.8, 4) is 28.5 Å². The van der Waals surface area contributed by atoms with Crippen molar-refractivity contribution < 1.29 is 27.8 Å². The Morgan fingerprint density at radius 3 is 2.79 bits per heavy atom. The van der Waals surface area contributed by atoms with Gasteiger partial charge in [0.1, 0.15) is 35.1 Å². The van der Waals surface area contributed by atoms with E-state index in [1.165, 1.54) is 13.2 Å². The summed E-state index contributed by atoms with van der Waals surface area (Å²) in [6.07, 6.45) is 7.41. The molecule has 1 aliphatic carbocycles. The zero-order chi connectivity index (χ0) is 23.7. The topological polar surface area (TPSA) is 86.1 Å². The quantitative estimate of drug-likeness (QED) is 0.495. The monoisotopic (exact) mass is 472 g/mol. The molecular formula is C24H26F2N4O4. The van der Waals surface area contributed by atoms with Crippen LogP contribution in [0.4, 0.5) is 8.78 Å². The van der Waals surface area contributed by atoms with E-state index in [1.54, 1.807) is 12.3 Å². The number of fused-ring (bicyclic) bond motifs is 1. The summed E-state index contributed by atoms with van der Waals surface area (Å²) in [7, 11) is 1.39. The van der Waals surface area contributed by atoms with Crippen LogP contribution in [0.5, 0.6) is 17.2 Å². The largest absolute Gasteiger partial charge is 0.496 e. The molecule has 34 heavy (non-hydrogen) atoms. The van der Waals surface area contributed by atoms with Crippen LogP contribution in [0.3, 0.4) is 0 Å². The number of benzene rings is 1. The number of ether oxygens (including phenoxy) is 3. The molecule has 0 bridgehead atoms. The lowest BCUT2D eigenvalue weighted by Crippen LogP contribution is -2.28. The van der Waals surface area contributed by atoms with Gasteiger partial charge in [-0.25, -0.2) is 4.98 Å². The number of pyridine rings is 1. The van der Waals surface area contributed by atoms with Gasteiger partial charge in [0.05, 0.1) is 19.0 Å². The van der Waals surface area contributed by atoms with Crippen LogP contribution in [0.15, 0.2) is 36.7 Å². The van der Waals surface area contributed by atoms with E-state index in [1.807, 2.05) is 22.7 Å². The lowest BCUT2D eigenvalue weighted by Gasteiger charge is -2.16. The Balaban J connectivity index is 1.46. The van der Waals surface area contributed by atoms with Crippen LogP contribution in [0.1, 0.15) is 36.0 Å². The Labute approximate surface area is 195 Å². The van der Waals surface area contributed by atoms with Crippen LogP contribution in [-0.2, 0) is 0 Å². The van der Waals surface area contributed by atoms with Crippen molar-refractivity contribution in [1.29, 1.82) is 0 Å². The number of methoxy groups -OCH3 is 1. The Morgan fingerprint density at radius 2 is 2.09 bits per heavy atom. The highest BCUT2D eigenvalue weighted by molar-refractivity contribution is 6.01. The second kappa shape index (κ2) is 9.46. The summed E-state index contributed by atoms with van der Waals surface area (Å²) in [5.41, 5.74) is 1.73. The average molecular weight is 472 g/mol. The number of amides is 1. The van der Waals surface area contributed by atoms with Gasteiger partial charge >= 0.3 is 6.61 Å². The van der Waals surface area contributed by atoms with Crippen LogP contribution in [-0.4, -0.2) is 54.2 Å². The molecule has 5 rings (SSSR count). The lowest BCUT2D eigenvalue weighted by molar-refractivity contribution is -0.0502. The molecule has 1 atom stereocenters. The lowest BCUT2D eigenvalue weighted by atomic mass is 10.1. The molecule has 1 aromatic carbocycles. The van der Waals surface area contributed by atoms with Crippen molar-refractivity contribution in [3.05, 3.63) is 42.2 Å². The summed E-state index contributed by atoms with van der Waals surface area (Å²) in [5.74, 6) is 0.0923. The van der Waals surface area contributed by atoms with Crippen molar-refractivity contribution in [1.82, 2.24) is 20.0 Å². The molecule has 3 aromatic rings. The van der Waals surface area contributed by atoms with Gasteiger partial charge in [-0.2, -0.15) is 8.78 Å². The molecule has 1 saturated heterocycles. The maximum absolute atomic E-state index is 13.2. The molecule has 2 aromatic heterocycles. The zero-order valence-corrected chi connectivity index (χ0v) is 18.7. The average Bonchev–Trinajstić information content (AvgIpc) is 3.30. The molecule has 180 valence electrons. The molecule has 0 spiro atoms. The molecule has 1 saturated carbocycles. The van der Waals surface area contributed by atoms with Crippen molar-refractivity contribution in [3.63, 3.8) is 0 Å². The number of rotatable bonds is 9. The number of aromatic nitrogens is 2. The maximum atomic E-state index is 13.2. The van der Waals surface area contributed by atoms with Crippen LogP contribution < -0.4 is 24.8 Å². The summed E-state index contributed by atoms with van der Waals surface area (Å²) in [4.78, 5) is 17.2. The first-order chi connectivity index (χ1) is 16.5. The van der Waals surface area contributed by atoms with Gasteiger partial charge < -0.3 is 24.8 Å². The summed E-state index contributed by atoms with van der Waals surface area (Å²) in [6, 6.07) is 7.09. The van der Waals surface area contributed by atoms with Crippen LogP contribution in [0.2, 0.25) is 0 Å². The number of alkyl halides is 2. The molecular weight excluding hydrogens is 446 g/mol. The fraction of sp³-hybridized carbons (Fsp3) is 0.417. The maximum Gasteiger partial charge on any atom is 0.387 e. The van der Waals surface area contributed by atoms with Crippen molar-refractivity contribution >= 4 is 11.6 Å². The first-order valence-electron chi connectivity index (χ1n) is 11.3. The van der Waals surface area contributed by atoms with E-state index < -0.39 is 12.5 Å². The number of nitrogens with zero attached hydrogens (tertiary/aromatic N) is 2. The molecule has 1 unspecified atom stereocenters. The van der Waals surface area contributed by atoms with E-state index in [-0.39, 0.29) is 23.1 Å². The molecule has 1 amide bonds. The van der Waals surface area contributed by atoms with E-state index in [4.69, 9.17) is 14.2 Å². The van der Waals surface area contributed by atoms with Gasteiger partial charge in [-0.05, 0) is 50.4 Å². The summed E-state index contributed by atoms with van der Waals surface area (Å²) in [6.45, 7) is -1.50. The fourth-order valence-electron chi connectivity index (χ4n) is 4.16. The molecule has 3 heterocycles. The Kier molecular flexibility index (Phi) is 6.23. The molecule has 2 N–H and O–H groups in total. The second-order valence-electron chi connectivity index (χ2n) is 8.52. The normalized spacial score (nSPS) is 17.8. The van der Waals surface area contributed by atoms with E-state index >= 15 is 0 Å². The second-order valence-corrected chi connectivity index (χ2v) is 8.52. The van der Waals surface area contributed by atoms with E-state index in [0.717, 1.165) is 32.2 Å². The minimum absolute atomic E-state index is 0.0518. The highest BCUT2D eigenvalue weighted by atomic mass is 19.3. The van der Waals surface area contributed by atoms with E-state index in [9.17, 15) is 13.6 Å². The molecule has 10 heteroatoms. The van der Waals surface area contributed by atoms with Crippen molar-refractivity contribution in [2.24, 2.45) is 0 Å². The first-order valence-corrected chi connectivity index (χ1v) is 11.3. The van der Waals surface area contributed by atoms with Gasteiger partial charge in [0.15, 0.2) is 0 Å². The minimum atomic E-state index is -3.09. The number of imidazole rings is 1. The van der Waals surface area contributed by atoms with Crippen LogP contribution in [0, 0.1) is 0 Å². The van der Waals surface area contributed by atoms with Gasteiger partial charge in [0.2, 0.25) is 0 Å². The van der Waals surface area contributed by atoms with E-state index in [0.29, 0.717) is 35.3 Å². The SMILES string of the molecule is COc1cc(-c2cnc3cc(OCC4CCCN4)ccn23)cc(OC(F)F)c1C(=O)NC1CC1. The third-order valence-electron chi connectivity index (χ3n) is 6.04. The van der Waals surface area contributed by atoms with Crippen LogP contribution >= 0.6 is 0 Å². The van der Waals surface area contributed by atoms with Crippen molar-refractivity contribution in [2.45, 2.75) is 44.4 Å². The van der Waals surface area contributed by atoms with Crippen LogP contribution in [0.25, 0.3) is 16.9 Å². The standard InChI is InChI=1S/C24H26F2N4O4/c1-32-19-9-14(10-20(34-24(25)26)22(19)23(31)29-15-4-5-15)18-12-28-21-11-17(6-8-30(18)21)33-13-16-3-2-7-27-16/h6,8-12,15-16,24,27H,2-5,7,13H2,1H3,(H,29,31). The number of halogens is 2. The van der Waals surface area contributed by atoms with Gasteiger partial charge in [0, 0.05) is 29.9 Å². The molecule has 0 radical (unpaired) electrons. The van der Waals surface area contributed by atoms with Gasteiger partial charge in [-0.3, -0.25) is 9.20 Å². The number of nitrogens with one attached hydrogen (secondary N) is 2. The Hall–Kier alpha value is -3.40. The predicted octanol–water partition coefficient (Wildman–Crippen LogP) is 3.63. The summed E-state index contributed by atoms with van der Waals surface area (Å²) < 4.78 is 44.3. The first kappa shape index (κ1) is 22.4. The molecule has 8 nitrogen and oxygen atoms in total. The Bertz CT molecular complexity index is 1190. The zero-order valence-electron chi connectivity index (χ0n) is 18.7. The predicted molar refractivity (Wildman–Crippen MR) is 121 cm³/mol. The molecule has 1 aliphatic heterocycles. The molecule has 2 aliphatic rings. The number of carbonyl (C=O) groups is 1. The fourth-order valence-corrected chi connectivity index (χ4v) is 4.16. The Morgan fingerprint density at radius 1 is 1.26 bits per heavy atom. The van der Waals surface area contributed by atoms with Crippen molar-refractivity contribution in [2.75, 3.05) is 20.3 Å². The van der Waals surface area contributed by atoms with Gasteiger partial charge in [0.25, 0.3) is 5.91 Å². The third-order valence-corrected chi connectivity index (χ3v) is 6.04. The smallest absolute Gasteiger partial charge is 0.387 e. The van der Waals surface area contributed by atoms with Gasteiger partial charge in [-0.15, -0.1) is 0 Å².